The molecule has 2 rings (SSSR count). The third-order valence-corrected chi connectivity index (χ3v) is 2.57. The minimum atomic E-state index is 0.691. The molecule has 2 N–H and O–H groups in total. The Morgan fingerprint density at radius 2 is 2.19 bits per heavy atom. The van der Waals surface area contributed by atoms with E-state index in [-0.39, 0.29) is 0 Å². The molecule has 1 heterocycles. The van der Waals surface area contributed by atoms with Crippen LogP contribution in [0.1, 0.15) is 13.3 Å². The maximum Gasteiger partial charge on any atom is 0.298 e. The predicted octanol–water partition coefficient (Wildman–Crippen LogP) is 2.00. The Bertz CT molecular complexity index is 419. The fraction of sp³-hybridized carbons (Fsp3) is 0.417. The number of hydrogen-bond acceptors (Lipinski definition) is 4. The van der Waals surface area contributed by atoms with Gasteiger partial charge in [0.2, 0.25) is 0 Å². The Kier molecular flexibility index (Phi) is 3.41. The molecule has 86 valence electrons. The number of oxazole rings is 1. The number of aromatic nitrogens is 1. The van der Waals surface area contributed by atoms with E-state index in [1.165, 1.54) is 0 Å². The topological polar surface area (TPSA) is 55.3 Å². The van der Waals surface area contributed by atoms with Crippen LogP contribution in [-0.2, 0) is 0 Å². The molecule has 0 fully saturated rings. The van der Waals surface area contributed by atoms with E-state index in [2.05, 4.69) is 16.8 Å². The number of nitrogens with zero attached hydrogens (tertiary/aromatic N) is 2. The molecule has 0 unspecified atom stereocenters. The number of hydrogen-bond donors (Lipinski definition) is 1. The molecule has 0 aliphatic carbocycles. The average Bonchev–Trinajstić information content (AvgIpc) is 2.73. The zero-order chi connectivity index (χ0) is 11.4. The van der Waals surface area contributed by atoms with E-state index in [0.717, 1.165) is 30.6 Å². The largest absolute Gasteiger partial charge is 0.423 e. The molecule has 0 radical (unpaired) electrons. The van der Waals surface area contributed by atoms with Crippen LogP contribution in [0.3, 0.4) is 0 Å². The third-order valence-electron chi connectivity index (χ3n) is 2.57. The van der Waals surface area contributed by atoms with Crippen LogP contribution in [-0.4, -0.2) is 24.6 Å². The monoisotopic (exact) mass is 219 g/mol. The molecule has 0 saturated carbocycles. The van der Waals surface area contributed by atoms with Crippen molar-refractivity contribution in [2.24, 2.45) is 5.73 Å². The fourth-order valence-corrected chi connectivity index (χ4v) is 1.67. The van der Waals surface area contributed by atoms with Gasteiger partial charge in [-0.3, -0.25) is 0 Å². The summed E-state index contributed by atoms with van der Waals surface area (Å²) in [4.78, 5) is 6.56. The molecule has 4 nitrogen and oxygen atoms in total. The lowest BCUT2D eigenvalue weighted by Gasteiger charge is -2.17. The van der Waals surface area contributed by atoms with Crippen molar-refractivity contribution in [2.75, 3.05) is 24.5 Å². The molecule has 2 aromatic rings. The van der Waals surface area contributed by atoms with Gasteiger partial charge < -0.3 is 15.1 Å². The van der Waals surface area contributed by atoms with Crippen LogP contribution in [0.5, 0.6) is 0 Å². The van der Waals surface area contributed by atoms with Gasteiger partial charge in [0.05, 0.1) is 0 Å². The number of fused-ring (bicyclic) bond motifs is 1. The molecule has 1 aromatic heterocycles. The lowest BCUT2D eigenvalue weighted by molar-refractivity contribution is 0.566. The number of anilines is 1. The summed E-state index contributed by atoms with van der Waals surface area (Å²) < 4.78 is 5.69. The van der Waals surface area contributed by atoms with Crippen LogP contribution in [0.2, 0.25) is 0 Å². The van der Waals surface area contributed by atoms with E-state index in [9.17, 15) is 0 Å². The summed E-state index contributed by atoms with van der Waals surface area (Å²) in [6, 6.07) is 8.50. The fourth-order valence-electron chi connectivity index (χ4n) is 1.67. The molecule has 0 saturated heterocycles. The summed E-state index contributed by atoms with van der Waals surface area (Å²) >= 11 is 0. The van der Waals surface area contributed by atoms with Gasteiger partial charge in [-0.1, -0.05) is 12.1 Å². The summed E-state index contributed by atoms with van der Waals surface area (Å²) in [7, 11) is 0. The van der Waals surface area contributed by atoms with E-state index in [0.29, 0.717) is 12.6 Å². The highest BCUT2D eigenvalue weighted by atomic mass is 16.4. The summed E-state index contributed by atoms with van der Waals surface area (Å²) in [5.74, 6) is 0. The summed E-state index contributed by atoms with van der Waals surface area (Å²) in [5, 5.41) is 0. The van der Waals surface area contributed by atoms with Crippen LogP contribution in [0.4, 0.5) is 6.01 Å². The predicted molar refractivity (Wildman–Crippen MR) is 65.6 cm³/mol. The van der Waals surface area contributed by atoms with Gasteiger partial charge in [0.25, 0.3) is 6.01 Å². The van der Waals surface area contributed by atoms with Gasteiger partial charge in [0.15, 0.2) is 5.58 Å². The normalized spacial score (nSPS) is 10.9. The van der Waals surface area contributed by atoms with Crippen molar-refractivity contribution in [1.82, 2.24) is 4.98 Å². The second-order valence-electron chi connectivity index (χ2n) is 3.69. The Morgan fingerprint density at radius 1 is 1.38 bits per heavy atom. The molecular weight excluding hydrogens is 202 g/mol. The Balaban J connectivity index is 2.23. The SMILES string of the molecule is CCN(CCCN)c1nc2ccccc2o1. The molecule has 1 aromatic carbocycles. The Labute approximate surface area is 95.1 Å². The van der Waals surface area contributed by atoms with Crippen LogP contribution in [0.25, 0.3) is 11.1 Å². The van der Waals surface area contributed by atoms with Crippen LogP contribution in [0.15, 0.2) is 28.7 Å². The maximum absolute atomic E-state index is 5.69. The molecule has 0 amide bonds. The van der Waals surface area contributed by atoms with Crippen molar-refractivity contribution in [1.29, 1.82) is 0 Å². The van der Waals surface area contributed by atoms with Crippen LogP contribution >= 0.6 is 0 Å². The average molecular weight is 219 g/mol. The van der Waals surface area contributed by atoms with Crippen LogP contribution < -0.4 is 10.6 Å². The Morgan fingerprint density at radius 3 is 2.88 bits per heavy atom. The van der Waals surface area contributed by atoms with E-state index in [1.807, 2.05) is 24.3 Å². The van der Waals surface area contributed by atoms with Gasteiger partial charge in [-0.25, -0.2) is 0 Å². The number of rotatable bonds is 5. The molecule has 0 bridgehead atoms. The first-order valence-electron chi connectivity index (χ1n) is 5.65. The van der Waals surface area contributed by atoms with Gasteiger partial charge in [-0.05, 0) is 32.0 Å². The minimum absolute atomic E-state index is 0.691. The Hall–Kier alpha value is -1.55. The number of nitrogens with two attached hydrogens (primary N) is 1. The minimum Gasteiger partial charge on any atom is -0.423 e. The maximum atomic E-state index is 5.69. The lowest BCUT2D eigenvalue weighted by Crippen LogP contribution is -2.25. The van der Waals surface area contributed by atoms with E-state index >= 15 is 0 Å². The van der Waals surface area contributed by atoms with Crippen molar-refractivity contribution in [3.63, 3.8) is 0 Å². The number of benzene rings is 1. The van der Waals surface area contributed by atoms with E-state index in [4.69, 9.17) is 10.2 Å². The highest BCUT2D eigenvalue weighted by Gasteiger charge is 2.11. The van der Waals surface area contributed by atoms with Crippen molar-refractivity contribution in [2.45, 2.75) is 13.3 Å². The van der Waals surface area contributed by atoms with Crippen molar-refractivity contribution < 1.29 is 4.42 Å². The van der Waals surface area contributed by atoms with Gasteiger partial charge in [0.1, 0.15) is 5.52 Å². The van der Waals surface area contributed by atoms with E-state index < -0.39 is 0 Å². The molecule has 0 aliphatic heterocycles. The van der Waals surface area contributed by atoms with Crippen molar-refractivity contribution in [3.05, 3.63) is 24.3 Å². The lowest BCUT2D eigenvalue weighted by atomic mass is 10.3. The first-order valence-corrected chi connectivity index (χ1v) is 5.65. The zero-order valence-electron chi connectivity index (χ0n) is 9.52. The van der Waals surface area contributed by atoms with Gasteiger partial charge in [0, 0.05) is 13.1 Å². The summed E-state index contributed by atoms with van der Waals surface area (Å²) in [5.41, 5.74) is 7.25. The summed E-state index contributed by atoms with van der Waals surface area (Å²) in [6.45, 7) is 4.55. The first kappa shape index (κ1) is 11.0. The summed E-state index contributed by atoms with van der Waals surface area (Å²) in [6.07, 6.45) is 0.951. The van der Waals surface area contributed by atoms with E-state index in [1.54, 1.807) is 0 Å². The molecule has 0 atom stereocenters. The third kappa shape index (κ3) is 2.17. The van der Waals surface area contributed by atoms with Crippen molar-refractivity contribution in [3.8, 4) is 0 Å². The first-order chi connectivity index (χ1) is 7.85. The van der Waals surface area contributed by atoms with Crippen molar-refractivity contribution >= 4 is 17.1 Å². The molecule has 0 spiro atoms. The van der Waals surface area contributed by atoms with Gasteiger partial charge >= 0.3 is 0 Å². The van der Waals surface area contributed by atoms with Crippen LogP contribution in [0, 0.1) is 0 Å². The molecule has 16 heavy (non-hydrogen) atoms. The smallest absolute Gasteiger partial charge is 0.298 e. The second-order valence-corrected chi connectivity index (χ2v) is 3.69. The zero-order valence-corrected chi connectivity index (χ0v) is 9.52. The standard InChI is InChI=1S/C12H17N3O/c1-2-15(9-5-8-13)12-14-10-6-3-4-7-11(10)16-12/h3-4,6-7H,2,5,8-9,13H2,1H3. The second kappa shape index (κ2) is 4.99. The highest BCUT2D eigenvalue weighted by Crippen LogP contribution is 2.21. The highest BCUT2D eigenvalue weighted by molar-refractivity contribution is 5.74. The molecule has 0 aliphatic rings. The molecular formula is C12H17N3O. The molecule has 4 heteroatoms. The quantitative estimate of drug-likeness (QED) is 0.835. The van der Waals surface area contributed by atoms with Gasteiger partial charge in [-0.2, -0.15) is 4.98 Å². The number of para-hydroxylation sites is 2. The van der Waals surface area contributed by atoms with Gasteiger partial charge in [-0.15, -0.1) is 0 Å².